The Bertz CT molecular complexity index is 479. The predicted octanol–water partition coefficient (Wildman–Crippen LogP) is 3.63. The van der Waals surface area contributed by atoms with E-state index in [2.05, 4.69) is 62.5 Å². The summed E-state index contributed by atoms with van der Waals surface area (Å²) in [4.78, 5) is 2.24. The molecule has 0 aliphatic carbocycles. The van der Waals surface area contributed by atoms with E-state index in [0.29, 0.717) is 12.1 Å². The Labute approximate surface area is 133 Å². The van der Waals surface area contributed by atoms with Crippen molar-refractivity contribution in [3.05, 3.63) is 29.3 Å². The highest BCUT2D eigenvalue weighted by Crippen LogP contribution is 2.24. The average molecular weight is 305 g/mol. The van der Waals surface area contributed by atoms with Crippen LogP contribution in [0.4, 0.5) is 5.69 Å². The van der Waals surface area contributed by atoms with Gasteiger partial charge in [-0.05, 0) is 30.4 Å². The monoisotopic (exact) mass is 305 g/mol. The number of nitrogens with zero attached hydrogens (tertiary/aromatic N) is 2. The zero-order valence-electron chi connectivity index (χ0n) is 13.8. The van der Waals surface area contributed by atoms with Crippen LogP contribution in [0.5, 0.6) is 0 Å². The molecule has 0 heterocycles. The van der Waals surface area contributed by atoms with Gasteiger partial charge in [0.05, 0.1) is 11.3 Å². The Morgan fingerprint density at radius 1 is 1.38 bits per heavy atom. The van der Waals surface area contributed by atoms with Gasteiger partial charge >= 0.3 is 0 Å². The van der Waals surface area contributed by atoms with E-state index in [-0.39, 0.29) is 0 Å². The van der Waals surface area contributed by atoms with Crippen molar-refractivity contribution < 1.29 is 0 Å². The highest BCUT2D eigenvalue weighted by Gasteiger charge is 2.16. The minimum Gasteiger partial charge on any atom is -0.370 e. The van der Waals surface area contributed by atoms with Gasteiger partial charge in [0.15, 0.2) is 0 Å². The molecule has 0 saturated heterocycles. The summed E-state index contributed by atoms with van der Waals surface area (Å²) in [6, 6.07) is 9.47. The quantitative estimate of drug-likeness (QED) is 0.796. The summed E-state index contributed by atoms with van der Waals surface area (Å²) in [7, 11) is 2.09. The van der Waals surface area contributed by atoms with E-state index in [1.54, 1.807) is 0 Å². The van der Waals surface area contributed by atoms with Gasteiger partial charge in [-0.2, -0.15) is 17.0 Å². The molecular formula is C17H27N3S. The van der Waals surface area contributed by atoms with Crippen LogP contribution in [0.3, 0.4) is 0 Å². The molecule has 0 bridgehead atoms. The van der Waals surface area contributed by atoms with Crippen LogP contribution in [0.1, 0.15) is 38.3 Å². The van der Waals surface area contributed by atoms with Crippen LogP contribution in [0, 0.1) is 11.3 Å². The number of benzene rings is 1. The molecule has 0 radical (unpaired) electrons. The molecule has 0 amide bonds. The Hall–Kier alpha value is -1.18. The summed E-state index contributed by atoms with van der Waals surface area (Å²) in [5.74, 6) is 1.08. The molecule has 1 aromatic carbocycles. The van der Waals surface area contributed by atoms with E-state index >= 15 is 0 Å². The summed E-state index contributed by atoms with van der Waals surface area (Å²) < 4.78 is 0. The van der Waals surface area contributed by atoms with Crippen molar-refractivity contribution in [2.75, 3.05) is 24.0 Å². The highest BCUT2D eigenvalue weighted by molar-refractivity contribution is 7.98. The van der Waals surface area contributed by atoms with Gasteiger partial charge in [0.1, 0.15) is 6.07 Å². The molecule has 0 saturated carbocycles. The summed E-state index contributed by atoms with van der Waals surface area (Å²) in [5.41, 5.74) is 2.96. The summed E-state index contributed by atoms with van der Waals surface area (Å²) >= 11 is 1.85. The maximum Gasteiger partial charge on any atom is 0.101 e. The van der Waals surface area contributed by atoms with Crippen LogP contribution in [0.2, 0.25) is 0 Å². The van der Waals surface area contributed by atoms with E-state index in [9.17, 15) is 5.26 Å². The molecular weight excluding hydrogens is 278 g/mol. The first-order valence-electron chi connectivity index (χ1n) is 7.51. The minimum atomic E-state index is 0.448. The van der Waals surface area contributed by atoms with Crippen LogP contribution in [-0.4, -0.2) is 31.1 Å². The molecule has 1 N–H and O–H groups in total. The molecule has 116 valence electrons. The first kappa shape index (κ1) is 17.9. The lowest BCUT2D eigenvalue weighted by Gasteiger charge is -2.29. The van der Waals surface area contributed by atoms with Crippen LogP contribution in [0.15, 0.2) is 18.2 Å². The maximum atomic E-state index is 9.45. The molecule has 21 heavy (non-hydrogen) atoms. The molecule has 1 atom stereocenters. The lowest BCUT2D eigenvalue weighted by atomic mass is 10.1. The van der Waals surface area contributed by atoms with Crippen molar-refractivity contribution in [3.8, 4) is 6.07 Å². The lowest BCUT2D eigenvalue weighted by molar-refractivity contribution is 0.588. The van der Waals surface area contributed by atoms with E-state index in [0.717, 1.165) is 35.5 Å². The van der Waals surface area contributed by atoms with Crippen LogP contribution in [0.25, 0.3) is 0 Å². The van der Waals surface area contributed by atoms with Crippen molar-refractivity contribution in [2.45, 2.75) is 45.8 Å². The highest BCUT2D eigenvalue weighted by atomic mass is 32.2. The van der Waals surface area contributed by atoms with Gasteiger partial charge in [-0.1, -0.05) is 26.8 Å². The van der Waals surface area contributed by atoms with Crippen LogP contribution >= 0.6 is 11.8 Å². The Balaban J connectivity index is 2.95. The van der Waals surface area contributed by atoms with Gasteiger partial charge in [0, 0.05) is 31.4 Å². The topological polar surface area (TPSA) is 39.1 Å². The van der Waals surface area contributed by atoms with Crippen molar-refractivity contribution in [1.82, 2.24) is 5.32 Å². The Kier molecular flexibility index (Phi) is 7.63. The van der Waals surface area contributed by atoms with Gasteiger partial charge in [0.2, 0.25) is 0 Å². The molecule has 1 unspecified atom stereocenters. The molecule has 0 spiro atoms. The summed E-state index contributed by atoms with van der Waals surface area (Å²) in [5, 5.41) is 12.8. The van der Waals surface area contributed by atoms with Crippen molar-refractivity contribution >= 4 is 17.4 Å². The SMILES string of the molecule is CCC(CSC)N(C)c1ccc(CNC(C)C)cc1C#N. The van der Waals surface area contributed by atoms with Gasteiger partial charge in [0.25, 0.3) is 0 Å². The largest absolute Gasteiger partial charge is 0.370 e. The van der Waals surface area contributed by atoms with E-state index in [4.69, 9.17) is 0 Å². The van der Waals surface area contributed by atoms with Crippen molar-refractivity contribution in [1.29, 1.82) is 5.26 Å². The second-order valence-electron chi connectivity index (χ2n) is 5.63. The number of rotatable bonds is 8. The summed E-state index contributed by atoms with van der Waals surface area (Å²) in [6.07, 6.45) is 3.21. The van der Waals surface area contributed by atoms with Crippen LogP contribution in [-0.2, 0) is 6.54 Å². The number of anilines is 1. The molecule has 0 aromatic heterocycles. The number of thioether (sulfide) groups is 1. The van der Waals surface area contributed by atoms with E-state index in [1.807, 2.05) is 17.8 Å². The number of nitriles is 1. The fourth-order valence-electron chi connectivity index (χ4n) is 2.30. The first-order chi connectivity index (χ1) is 10.0. The molecule has 4 heteroatoms. The zero-order chi connectivity index (χ0) is 15.8. The Morgan fingerprint density at radius 3 is 2.62 bits per heavy atom. The number of hydrogen-bond acceptors (Lipinski definition) is 4. The fourth-order valence-corrected chi connectivity index (χ4v) is 3.15. The Morgan fingerprint density at radius 2 is 2.10 bits per heavy atom. The van der Waals surface area contributed by atoms with Gasteiger partial charge in [-0.15, -0.1) is 0 Å². The van der Waals surface area contributed by atoms with Gasteiger partial charge in [-0.25, -0.2) is 0 Å². The molecule has 0 aliphatic heterocycles. The second-order valence-corrected chi connectivity index (χ2v) is 6.54. The lowest BCUT2D eigenvalue weighted by Crippen LogP contribution is -2.33. The first-order valence-corrected chi connectivity index (χ1v) is 8.91. The van der Waals surface area contributed by atoms with Gasteiger partial charge in [-0.3, -0.25) is 0 Å². The third-order valence-electron chi connectivity index (χ3n) is 3.65. The number of nitrogens with one attached hydrogen (secondary N) is 1. The average Bonchev–Trinajstić information content (AvgIpc) is 2.49. The second kappa shape index (κ2) is 8.96. The summed E-state index contributed by atoms with van der Waals surface area (Å²) in [6.45, 7) is 7.26. The fraction of sp³-hybridized carbons (Fsp3) is 0.588. The normalized spacial score (nSPS) is 12.2. The smallest absolute Gasteiger partial charge is 0.101 e. The van der Waals surface area contributed by atoms with E-state index in [1.165, 1.54) is 0 Å². The van der Waals surface area contributed by atoms with Gasteiger partial charge < -0.3 is 10.2 Å². The molecule has 3 nitrogen and oxygen atoms in total. The molecule has 1 aromatic rings. The third kappa shape index (κ3) is 5.26. The predicted molar refractivity (Wildman–Crippen MR) is 94.0 cm³/mol. The molecule has 0 fully saturated rings. The molecule has 0 aliphatic rings. The van der Waals surface area contributed by atoms with Crippen molar-refractivity contribution in [2.24, 2.45) is 0 Å². The third-order valence-corrected chi connectivity index (χ3v) is 4.37. The number of hydrogen-bond donors (Lipinski definition) is 1. The maximum absolute atomic E-state index is 9.45. The van der Waals surface area contributed by atoms with Crippen LogP contribution < -0.4 is 10.2 Å². The standard InChI is InChI=1S/C17H27N3S/c1-6-16(12-21-5)20(4)17-8-7-14(9-15(17)10-18)11-19-13(2)3/h7-9,13,16,19H,6,11-12H2,1-5H3. The van der Waals surface area contributed by atoms with E-state index < -0.39 is 0 Å². The zero-order valence-corrected chi connectivity index (χ0v) is 14.6. The minimum absolute atomic E-state index is 0.448. The molecule has 1 rings (SSSR count). The van der Waals surface area contributed by atoms with Crippen molar-refractivity contribution in [3.63, 3.8) is 0 Å².